The molecule has 0 aromatic heterocycles. The van der Waals surface area contributed by atoms with E-state index in [1.807, 2.05) is 18.2 Å². The first-order valence-corrected chi connectivity index (χ1v) is 12.8. The Kier molecular flexibility index (Phi) is 7.43. The average molecular weight is 476 g/mol. The number of nitrogens with one attached hydrogen (secondary N) is 1. The Hall–Kier alpha value is -2.33. The molecule has 2 aliphatic rings. The lowest BCUT2D eigenvalue weighted by Crippen LogP contribution is -2.40. The third kappa shape index (κ3) is 5.78. The van der Waals surface area contributed by atoms with E-state index in [4.69, 9.17) is 4.74 Å². The second-order valence-electron chi connectivity index (χ2n) is 8.68. The Balaban J connectivity index is 1.41. The van der Waals surface area contributed by atoms with Gasteiger partial charge in [-0.15, -0.1) is 0 Å². The monoisotopic (exact) mass is 475 g/mol. The molecule has 9 heteroatoms. The van der Waals surface area contributed by atoms with Gasteiger partial charge in [0.1, 0.15) is 10.7 Å². The van der Waals surface area contributed by atoms with Crippen LogP contribution in [0.2, 0.25) is 0 Å². The van der Waals surface area contributed by atoms with E-state index >= 15 is 0 Å². The van der Waals surface area contributed by atoms with Gasteiger partial charge in [0.15, 0.2) is 0 Å². The number of hydrogen-bond acceptors (Lipinski definition) is 5. The number of hydrogen-bond donors (Lipinski definition) is 1. The maximum atomic E-state index is 14.3. The Labute approximate surface area is 194 Å². The SMILES string of the molecule is CC1CN(Cc2cccc(CNC(=O)c3ccc(F)c(S(=O)(=O)N4CCCC4)c3)c2)CCO1. The van der Waals surface area contributed by atoms with E-state index < -0.39 is 26.6 Å². The Morgan fingerprint density at radius 3 is 2.64 bits per heavy atom. The largest absolute Gasteiger partial charge is 0.376 e. The first kappa shape index (κ1) is 23.8. The molecule has 0 spiro atoms. The van der Waals surface area contributed by atoms with Crippen LogP contribution in [0, 0.1) is 5.82 Å². The molecule has 2 fully saturated rings. The van der Waals surface area contributed by atoms with Gasteiger partial charge in [0.25, 0.3) is 5.91 Å². The summed E-state index contributed by atoms with van der Waals surface area (Å²) in [6, 6.07) is 11.5. The number of morpholine rings is 1. The second kappa shape index (κ2) is 10.3. The molecule has 1 N–H and O–H groups in total. The molecule has 7 nitrogen and oxygen atoms in total. The van der Waals surface area contributed by atoms with Crippen molar-refractivity contribution in [3.63, 3.8) is 0 Å². The van der Waals surface area contributed by atoms with Gasteiger partial charge in [0.2, 0.25) is 10.0 Å². The van der Waals surface area contributed by atoms with Crippen molar-refractivity contribution in [2.45, 2.75) is 43.9 Å². The summed E-state index contributed by atoms with van der Waals surface area (Å²) in [4.78, 5) is 14.6. The number of nitrogens with zero attached hydrogens (tertiary/aromatic N) is 2. The van der Waals surface area contributed by atoms with Gasteiger partial charge >= 0.3 is 0 Å². The number of sulfonamides is 1. The Bertz CT molecular complexity index is 1100. The summed E-state index contributed by atoms with van der Waals surface area (Å²) in [5.41, 5.74) is 2.21. The molecule has 0 radical (unpaired) electrons. The maximum absolute atomic E-state index is 14.3. The van der Waals surface area contributed by atoms with Crippen LogP contribution in [0.5, 0.6) is 0 Å². The molecule has 1 unspecified atom stereocenters. The lowest BCUT2D eigenvalue weighted by Gasteiger charge is -2.31. The van der Waals surface area contributed by atoms with Gasteiger partial charge in [-0.1, -0.05) is 24.3 Å². The average Bonchev–Trinajstić information content (AvgIpc) is 3.34. The summed E-state index contributed by atoms with van der Waals surface area (Å²) in [6.07, 6.45) is 1.73. The number of benzene rings is 2. The van der Waals surface area contributed by atoms with Gasteiger partial charge < -0.3 is 10.1 Å². The lowest BCUT2D eigenvalue weighted by atomic mass is 10.1. The van der Waals surface area contributed by atoms with E-state index in [0.29, 0.717) is 13.1 Å². The van der Waals surface area contributed by atoms with Crippen LogP contribution in [0.4, 0.5) is 4.39 Å². The number of ether oxygens (including phenoxy) is 1. The number of carbonyl (C=O) groups is 1. The number of rotatable bonds is 7. The summed E-state index contributed by atoms with van der Waals surface area (Å²) in [6.45, 7) is 6.41. The Morgan fingerprint density at radius 1 is 1.12 bits per heavy atom. The van der Waals surface area contributed by atoms with Crippen LogP contribution in [-0.2, 0) is 27.8 Å². The quantitative estimate of drug-likeness (QED) is 0.666. The van der Waals surface area contributed by atoms with Crippen molar-refractivity contribution in [2.75, 3.05) is 32.8 Å². The molecule has 0 aliphatic carbocycles. The summed E-state index contributed by atoms with van der Waals surface area (Å²) in [7, 11) is -3.95. The molecule has 2 saturated heterocycles. The van der Waals surface area contributed by atoms with Crippen LogP contribution in [0.1, 0.15) is 41.3 Å². The first-order chi connectivity index (χ1) is 15.8. The number of carbonyl (C=O) groups excluding carboxylic acids is 1. The van der Waals surface area contributed by atoms with Gasteiger partial charge in [-0.2, -0.15) is 4.31 Å². The molecule has 2 heterocycles. The fraction of sp³-hybridized carbons (Fsp3) is 0.458. The van der Waals surface area contributed by atoms with E-state index in [-0.39, 0.29) is 18.2 Å². The fourth-order valence-electron chi connectivity index (χ4n) is 4.32. The molecule has 2 aromatic rings. The standard InChI is InChI=1S/C24H30FN3O4S/c1-18-16-27(11-12-32-18)17-20-6-4-5-19(13-20)15-26-24(29)21-7-8-22(25)23(14-21)33(30,31)28-9-2-3-10-28/h4-8,13-14,18H,2-3,9-12,15-17H2,1H3,(H,26,29). The van der Waals surface area contributed by atoms with Crippen LogP contribution in [0.3, 0.4) is 0 Å². The van der Waals surface area contributed by atoms with E-state index in [9.17, 15) is 17.6 Å². The molecule has 0 bridgehead atoms. The van der Waals surface area contributed by atoms with Gasteiger partial charge in [0, 0.05) is 44.8 Å². The maximum Gasteiger partial charge on any atom is 0.251 e. The van der Waals surface area contributed by atoms with Crippen molar-refractivity contribution < 1.29 is 22.3 Å². The minimum Gasteiger partial charge on any atom is -0.376 e. The third-order valence-electron chi connectivity index (χ3n) is 6.05. The first-order valence-electron chi connectivity index (χ1n) is 11.3. The smallest absolute Gasteiger partial charge is 0.251 e. The molecule has 0 saturated carbocycles. The molecule has 1 atom stereocenters. The number of halogens is 1. The van der Waals surface area contributed by atoms with Gasteiger partial charge in [-0.05, 0) is 49.1 Å². The molecule has 4 rings (SSSR count). The van der Waals surface area contributed by atoms with Crippen molar-refractivity contribution in [3.05, 3.63) is 65.0 Å². The summed E-state index contributed by atoms with van der Waals surface area (Å²) >= 11 is 0. The fourth-order valence-corrected chi connectivity index (χ4v) is 5.93. The minimum atomic E-state index is -3.95. The van der Waals surface area contributed by atoms with Crippen molar-refractivity contribution in [2.24, 2.45) is 0 Å². The summed E-state index contributed by atoms with van der Waals surface area (Å²) in [5, 5.41) is 2.82. The highest BCUT2D eigenvalue weighted by atomic mass is 32.2. The van der Waals surface area contributed by atoms with E-state index in [2.05, 4.69) is 23.2 Å². The van der Waals surface area contributed by atoms with E-state index in [0.717, 1.165) is 62.3 Å². The predicted molar refractivity (Wildman–Crippen MR) is 123 cm³/mol. The van der Waals surface area contributed by atoms with Crippen LogP contribution < -0.4 is 5.32 Å². The van der Waals surface area contributed by atoms with Gasteiger partial charge in [-0.25, -0.2) is 12.8 Å². The lowest BCUT2D eigenvalue weighted by molar-refractivity contribution is -0.0212. The van der Waals surface area contributed by atoms with Crippen molar-refractivity contribution in [1.29, 1.82) is 0 Å². The highest BCUT2D eigenvalue weighted by Crippen LogP contribution is 2.24. The van der Waals surface area contributed by atoms with Crippen LogP contribution in [-0.4, -0.2) is 62.4 Å². The zero-order chi connectivity index (χ0) is 23.4. The summed E-state index contributed by atoms with van der Waals surface area (Å²) in [5.74, 6) is -1.29. The molecule has 33 heavy (non-hydrogen) atoms. The van der Waals surface area contributed by atoms with Crippen molar-refractivity contribution in [3.8, 4) is 0 Å². The van der Waals surface area contributed by atoms with Crippen molar-refractivity contribution >= 4 is 15.9 Å². The molecular formula is C24H30FN3O4S. The highest BCUT2D eigenvalue weighted by Gasteiger charge is 2.30. The minimum absolute atomic E-state index is 0.118. The van der Waals surface area contributed by atoms with E-state index in [1.165, 1.54) is 10.4 Å². The molecule has 1 amide bonds. The van der Waals surface area contributed by atoms with Crippen molar-refractivity contribution in [1.82, 2.24) is 14.5 Å². The van der Waals surface area contributed by atoms with E-state index in [1.54, 1.807) is 0 Å². The zero-order valence-electron chi connectivity index (χ0n) is 18.8. The Morgan fingerprint density at radius 2 is 1.88 bits per heavy atom. The van der Waals surface area contributed by atoms with Crippen LogP contribution in [0.25, 0.3) is 0 Å². The van der Waals surface area contributed by atoms with Crippen LogP contribution in [0.15, 0.2) is 47.4 Å². The normalized spacial score (nSPS) is 20.1. The van der Waals surface area contributed by atoms with Crippen LogP contribution >= 0.6 is 0 Å². The molecule has 2 aromatic carbocycles. The topological polar surface area (TPSA) is 79.0 Å². The molecule has 178 valence electrons. The molecular weight excluding hydrogens is 445 g/mol. The second-order valence-corrected chi connectivity index (χ2v) is 10.6. The predicted octanol–water partition coefficient (Wildman–Crippen LogP) is 2.76. The highest BCUT2D eigenvalue weighted by molar-refractivity contribution is 7.89. The molecule has 2 aliphatic heterocycles. The third-order valence-corrected chi connectivity index (χ3v) is 7.97. The zero-order valence-corrected chi connectivity index (χ0v) is 19.6. The number of amides is 1. The van der Waals surface area contributed by atoms with Gasteiger partial charge in [0.05, 0.1) is 12.7 Å². The summed E-state index contributed by atoms with van der Waals surface area (Å²) < 4.78 is 46.8. The van der Waals surface area contributed by atoms with Gasteiger partial charge in [-0.3, -0.25) is 9.69 Å².